The molecule has 4 aromatic rings. The van der Waals surface area contributed by atoms with Gasteiger partial charge in [0.1, 0.15) is 17.6 Å². The molecule has 0 aliphatic carbocycles. The molecule has 4 aliphatic rings. The molecule has 12 heteroatoms. The van der Waals surface area contributed by atoms with Crippen molar-refractivity contribution in [1.82, 2.24) is 20.1 Å². The Balaban J connectivity index is 0.852. The number of esters is 1. The number of phenols is 1. The number of hydrogen-bond acceptors (Lipinski definition) is 9. The highest BCUT2D eigenvalue weighted by atomic mass is 35.5. The van der Waals surface area contributed by atoms with Crippen molar-refractivity contribution < 1.29 is 29.3 Å². The molecule has 2 atom stereocenters. The minimum absolute atomic E-state index is 0.0389. The van der Waals surface area contributed by atoms with Crippen molar-refractivity contribution in [2.24, 2.45) is 5.92 Å². The van der Waals surface area contributed by atoms with E-state index >= 15 is 0 Å². The Labute approximate surface area is 320 Å². The van der Waals surface area contributed by atoms with E-state index in [-0.39, 0.29) is 29.3 Å². The highest BCUT2D eigenvalue weighted by Crippen LogP contribution is 2.40. The van der Waals surface area contributed by atoms with Crippen LogP contribution in [0.4, 0.5) is 0 Å². The maximum atomic E-state index is 14.0. The Morgan fingerprint density at radius 3 is 2.46 bits per heavy atom. The van der Waals surface area contributed by atoms with E-state index in [9.17, 15) is 24.6 Å². The van der Waals surface area contributed by atoms with Gasteiger partial charge in [0.15, 0.2) is 0 Å². The van der Waals surface area contributed by atoms with Crippen molar-refractivity contribution in [1.29, 1.82) is 0 Å². The van der Waals surface area contributed by atoms with E-state index in [1.165, 1.54) is 12.1 Å². The molecule has 11 nitrogen and oxygen atoms in total. The van der Waals surface area contributed by atoms with Gasteiger partial charge in [0.25, 0.3) is 5.91 Å². The molecule has 5 heterocycles. The molecule has 0 saturated carbocycles. The highest BCUT2D eigenvalue weighted by molar-refractivity contribution is 6.32. The molecule has 4 fully saturated rings. The van der Waals surface area contributed by atoms with Gasteiger partial charge in [0, 0.05) is 43.2 Å². The van der Waals surface area contributed by atoms with Crippen molar-refractivity contribution >= 4 is 34.4 Å². The van der Waals surface area contributed by atoms with Crippen LogP contribution in [0.25, 0.3) is 10.9 Å². The number of carbonyl (C=O) groups is 2. The van der Waals surface area contributed by atoms with Crippen LogP contribution in [0.1, 0.15) is 72.5 Å². The number of pyridine rings is 1. The van der Waals surface area contributed by atoms with Gasteiger partial charge in [-0.3, -0.25) is 19.3 Å². The Kier molecular flexibility index (Phi) is 11.9. The maximum absolute atomic E-state index is 14.0. The molecule has 54 heavy (non-hydrogen) atoms. The molecular formula is C42H49ClN4O7. The Bertz CT molecular complexity index is 1990. The normalized spacial score (nSPS) is 21.1. The highest BCUT2D eigenvalue weighted by Gasteiger charge is 2.47. The SMILES string of the molecule is O=C(c1ccc(OCCCCCNCC(O)c2ccc(O)c3[nH]c(=O)ccc23)c(Cl)c1)N1CCC(C(=O)OC2CN3CCC2CC3)(c2ccccc2)CC1. The van der Waals surface area contributed by atoms with Gasteiger partial charge in [0.2, 0.25) is 5.56 Å². The monoisotopic (exact) mass is 756 g/mol. The second-order valence-electron chi connectivity index (χ2n) is 14.9. The molecule has 3 aromatic carbocycles. The number of aromatic amines is 1. The molecule has 0 radical (unpaired) electrons. The Morgan fingerprint density at radius 2 is 1.74 bits per heavy atom. The van der Waals surface area contributed by atoms with Crippen LogP contribution in [0.3, 0.4) is 0 Å². The predicted molar refractivity (Wildman–Crippen MR) is 207 cm³/mol. The second-order valence-corrected chi connectivity index (χ2v) is 15.3. The number of hydrogen-bond donors (Lipinski definition) is 4. The van der Waals surface area contributed by atoms with Crippen LogP contribution < -0.4 is 15.6 Å². The first-order valence-electron chi connectivity index (χ1n) is 19.2. The number of phenolic OH excluding ortho intramolecular Hbond substituents is 1. The van der Waals surface area contributed by atoms with Gasteiger partial charge >= 0.3 is 5.97 Å². The molecule has 4 N–H and O–H groups in total. The van der Waals surface area contributed by atoms with E-state index < -0.39 is 11.5 Å². The molecule has 4 aliphatic heterocycles. The van der Waals surface area contributed by atoms with E-state index in [1.807, 2.05) is 30.3 Å². The average molecular weight is 757 g/mol. The van der Waals surface area contributed by atoms with Crippen molar-refractivity contribution in [2.75, 3.05) is 52.4 Å². The van der Waals surface area contributed by atoms with E-state index in [4.69, 9.17) is 21.1 Å². The van der Waals surface area contributed by atoms with Gasteiger partial charge in [-0.1, -0.05) is 48.0 Å². The van der Waals surface area contributed by atoms with Gasteiger partial charge in [-0.05, 0) is 112 Å². The van der Waals surface area contributed by atoms with Gasteiger partial charge < -0.3 is 34.9 Å². The number of aromatic nitrogens is 1. The number of halogens is 1. The number of benzene rings is 3. The molecule has 286 valence electrons. The van der Waals surface area contributed by atoms with E-state index in [0.29, 0.717) is 84.3 Å². The number of fused-ring (bicyclic) bond motifs is 4. The minimum Gasteiger partial charge on any atom is -0.506 e. The molecular weight excluding hydrogens is 708 g/mol. The van der Waals surface area contributed by atoms with Crippen LogP contribution >= 0.6 is 11.6 Å². The summed E-state index contributed by atoms with van der Waals surface area (Å²) in [6.45, 7) is 5.34. The lowest BCUT2D eigenvalue weighted by molar-refractivity contribution is -0.167. The van der Waals surface area contributed by atoms with Crippen LogP contribution in [-0.2, 0) is 14.9 Å². The summed E-state index contributed by atoms with van der Waals surface area (Å²) in [7, 11) is 0. The summed E-state index contributed by atoms with van der Waals surface area (Å²) in [5.74, 6) is 0.620. The van der Waals surface area contributed by atoms with Crippen molar-refractivity contribution in [3.8, 4) is 11.5 Å². The fraction of sp³-hybridized carbons (Fsp3) is 0.452. The third kappa shape index (κ3) is 8.29. The van der Waals surface area contributed by atoms with Crippen molar-refractivity contribution in [3.05, 3.63) is 105 Å². The lowest BCUT2D eigenvalue weighted by Crippen LogP contribution is -2.55. The molecule has 1 amide bonds. The minimum atomic E-state index is -0.805. The fourth-order valence-electron chi connectivity index (χ4n) is 8.30. The third-order valence-electron chi connectivity index (χ3n) is 11.5. The summed E-state index contributed by atoms with van der Waals surface area (Å²) < 4.78 is 12.2. The number of unbranched alkanes of at least 4 members (excludes halogenated alkanes) is 2. The van der Waals surface area contributed by atoms with E-state index in [2.05, 4.69) is 15.2 Å². The van der Waals surface area contributed by atoms with E-state index in [1.54, 1.807) is 35.2 Å². The lowest BCUT2D eigenvalue weighted by atomic mass is 9.72. The summed E-state index contributed by atoms with van der Waals surface area (Å²) in [5.41, 5.74) is 1.26. The Morgan fingerprint density at radius 1 is 0.963 bits per heavy atom. The van der Waals surface area contributed by atoms with Gasteiger partial charge in [0.05, 0.1) is 28.7 Å². The number of nitrogens with zero attached hydrogens (tertiary/aromatic N) is 2. The number of carbonyl (C=O) groups excluding carboxylic acids is 2. The molecule has 0 spiro atoms. The summed E-state index contributed by atoms with van der Waals surface area (Å²) in [4.78, 5) is 46.1. The fourth-order valence-corrected chi connectivity index (χ4v) is 8.53. The number of rotatable bonds is 14. The predicted octanol–water partition coefficient (Wildman–Crippen LogP) is 5.57. The van der Waals surface area contributed by atoms with Gasteiger partial charge in [-0.2, -0.15) is 0 Å². The number of H-pyrrole nitrogens is 1. The van der Waals surface area contributed by atoms with Crippen molar-refractivity contribution in [3.63, 3.8) is 0 Å². The van der Waals surface area contributed by atoms with Gasteiger partial charge in [-0.25, -0.2) is 0 Å². The Hall–Kier alpha value is -4.42. The van der Waals surface area contributed by atoms with Crippen molar-refractivity contribution in [2.45, 2.75) is 62.6 Å². The molecule has 2 unspecified atom stereocenters. The van der Waals surface area contributed by atoms with Crippen LogP contribution in [0.5, 0.6) is 11.5 Å². The maximum Gasteiger partial charge on any atom is 0.317 e. The largest absolute Gasteiger partial charge is 0.506 e. The summed E-state index contributed by atoms with van der Waals surface area (Å²) in [6, 6.07) is 21.1. The van der Waals surface area contributed by atoms with Crippen LogP contribution in [0.15, 0.2) is 77.6 Å². The summed E-state index contributed by atoms with van der Waals surface area (Å²) in [5, 5.41) is 25.1. The van der Waals surface area contributed by atoms with Gasteiger partial charge in [-0.15, -0.1) is 0 Å². The zero-order valence-corrected chi connectivity index (χ0v) is 31.2. The molecule has 8 rings (SSSR count). The first kappa shape index (κ1) is 37.9. The third-order valence-corrected chi connectivity index (χ3v) is 11.8. The first-order valence-corrected chi connectivity index (χ1v) is 19.5. The molecule has 2 bridgehead atoms. The number of piperidine rings is 4. The summed E-state index contributed by atoms with van der Waals surface area (Å²) in [6.07, 6.45) is 4.83. The smallest absolute Gasteiger partial charge is 0.317 e. The second kappa shape index (κ2) is 16.9. The summed E-state index contributed by atoms with van der Waals surface area (Å²) >= 11 is 6.59. The molecule has 4 saturated heterocycles. The standard InChI is InChI=1S/C42H49ClN4O7/c43-33-25-29(9-13-36(33)53-24-6-2-5-19-44-26-35(49)31-10-12-34(48)39-32(31)11-14-38(50)45-39)40(51)47-22-17-42(18-23-47,30-7-3-1-4-8-30)41(52)54-37-27-46-20-15-28(37)16-21-46/h1,3-4,7-14,25,28,35,37,44,48-49H,2,5-6,15-24,26-27H2,(H,45,50). The zero-order valence-electron chi connectivity index (χ0n) is 30.5. The topological polar surface area (TPSA) is 144 Å². The number of aliphatic hydroxyl groups excluding tert-OH is 1. The first-order chi connectivity index (χ1) is 26.2. The number of amides is 1. The number of nitrogens with one attached hydrogen (secondary N) is 2. The number of aromatic hydroxyl groups is 1. The number of aliphatic hydroxyl groups is 1. The number of likely N-dealkylation sites (tertiary alicyclic amines) is 1. The molecule has 1 aromatic heterocycles. The van der Waals surface area contributed by atoms with Crippen LogP contribution in [0.2, 0.25) is 5.02 Å². The van der Waals surface area contributed by atoms with Crippen LogP contribution in [0, 0.1) is 5.92 Å². The lowest BCUT2D eigenvalue weighted by Gasteiger charge is -2.46. The van der Waals surface area contributed by atoms with Crippen LogP contribution in [-0.4, -0.2) is 95.4 Å². The van der Waals surface area contributed by atoms with E-state index in [0.717, 1.165) is 57.3 Å². The quantitative estimate of drug-likeness (QED) is 0.0959. The average Bonchev–Trinajstić information content (AvgIpc) is 3.20. The zero-order chi connectivity index (χ0) is 37.7. The number of ether oxygens (including phenoxy) is 2.